The van der Waals surface area contributed by atoms with Crippen LogP contribution in [0.5, 0.6) is 0 Å². The van der Waals surface area contributed by atoms with Crippen LogP contribution in [0.1, 0.15) is 5.69 Å². The number of rotatable bonds is 2. The van der Waals surface area contributed by atoms with Gasteiger partial charge in [-0.15, -0.1) is 0 Å². The van der Waals surface area contributed by atoms with Crippen LogP contribution in [0.3, 0.4) is 0 Å². The quantitative estimate of drug-likeness (QED) is 0.625. The Morgan fingerprint density at radius 1 is 1.24 bits per heavy atom. The second-order valence-corrected chi connectivity index (χ2v) is 3.71. The largest absolute Gasteiger partial charge is 0.397 e. The van der Waals surface area contributed by atoms with Gasteiger partial charge in [-0.05, 0) is 18.2 Å². The standard InChI is InChI=1S/C11H10ClN5/c12-7-3-5-15-9(6-7)17-11(14)10-8(13)2-1-4-16-10/h1-6H,13H2,(H2,14,15,17). The van der Waals surface area contributed by atoms with Crippen molar-refractivity contribution in [2.45, 2.75) is 0 Å². The minimum absolute atomic E-state index is 0.206. The lowest BCUT2D eigenvalue weighted by Gasteiger charge is -2.02. The van der Waals surface area contributed by atoms with Crippen LogP contribution in [-0.2, 0) is 0 Å². The molecule has 0 radical (unpaired) electrons. The third-order valence-electron chi connectivity index (χ3n) is 2.02. The summed E-state index contributed by atoms with van der Waals surface area (Å²) >= 11 is 5.82. The van der Waals surface area contributed by atoms with E-state index < -0.39 is 0 Å². The second kappa shape index (κ2) is 4.80. The van der Waals surface area contributed by atoms with Crippen molar-refractivity contribution in [1.29, 1.82) is 0 Å². The van der Waals surface area contributed by atoms with Crippen LogP contribution in [-0.4, -0.2) is 15.8 Å². The van der Waals surface area contributed by atoms with Crippen molar-refractivity contribution in [2.75, 3.05) is 5.73 Å². The zero-order valence-corrected chi connectivity index (χ0v) is 9.59. The number of halogens is 1. The van der Waals surface area contributed by atoms with Crippen molar-refractivity contribution < 1.29 is 0 Å². The fourth-order valence-corrected chi connectivity index (χ4v) is 1.42. The number of aromatic nitrogens is 2. The number of nitrogen functional groups attached to an aromatic ring is 1. The lowest BCUT2D eigenvalue weighted by atomic mass is 10.3. The summed E-state index contributed by atoms with van der Waals surface area (Å²) in [7, 11) is 0. The monoisotopic (exact) mass is 247 g/mol. The van der Waals surface area contributed by atoms with E-state index in [1.54, 1.807) is 36.7 Å². The Morgan fingerprint density at radius 2 is 2.06 bits per heavy atom. The SMILES string of the molecule is NC(=Nc1cc(Cl)ccn1)c1ncccc1N. The molecule has 0 bridgehead atoms. The second-order valence-electron chi connectivity index (χ2n) is 3.27. The highest BCUT2D eigenvalue weighted by Crippen LogP contribution is 2.16. The van der Waals surface area contributed by atoms with Gasteiger partial charge in [-0.2, -0.15) is 0 Å². The summed E-state index contributed by atoms with van der Waals surface area (Å²) < 4.78 is 0. The Labute approximate surface area is 103 Å². The van der Waals surface area contributed by atoms with Gasteiger partial charge in [-0.1, -0.05) is 11.6 Å². The van der Waals surface area contributed by atoms with E-state index in [9.17, 15) is 0 Å². The number of hydrogen-bond acceptors (Lipinski definition) is 4. The van der Waals surface area contributed by atoms with Gasteiger partial charge in [0.2, 0.25) is 0 Å². The maximum atomic E-state index is 5.82. The molecule has 0 unspecified atom stereocenters. The molecule has 0 spiro atoms. The summed E-state index contributed by atoms with van der Waals surface area (Å²) in [6.07, 6.45) is 3.15. The number of nitrogens with zero attached hydrogens (tertiary/aromatic N) is 3. The van der Waals surface area contributed by atoms with Gasteiger partial charge in [0, 0.05) is 23.5 Å². The van der Waals surface area contributed by atoms with E-state index in [1.807, 2.05) is 0 Å². The fraction of sp³-hybridized carbons (Fsp3) is 0. The molecular formula is C11H10ClN5. The van der Waals surface area contributed by atoms with Crippen LogP contribution in [0.4, 0.5) is 11.5 Å². The highest BCUT2D eigenvalue weighted by molar-refractivity contribution is 6.30. The van der Waals surface area contributed by atoms with Gasteiger partial charge in [0.25, 0.3) is 0 Å². The Kier molecular flexibility index (Phi) is 3.20. The molecule has 4 N–H and O–H groups in total. The van der Waals surface area contributed by atoms with Crippen molar-refractivity contribution in [3.63, 3.8) is 0 Å². The van der Waals surface area contributed by atoms with E-state index >= 15 is 0 Å². The molecule has 2 aromatic heterocycles. The summed E-state index contributed by atoms with van der Waals surface area (Å²) in [6, 6.07) is 6.69. The predicted octanol–water partition coefficient (Wildman–Crippen LogP) is 1.75. The van der Waals surface area contributed by atoms with Gasteiger partial charge in [-0.25, -0.2) is 9.98 Å². The number of nitrogens with two attached hydrogens (primary N) is 2. The van der Waals surface area contributed by atoms with Gasteiger partial charge in [0.15, 0.2) is 11.7 Å². The molecule has 0 aliphatic heterocycles. The minimum Gasteiger partial charge on any atom is -0.397 e. The summed E-state index contributed by atoms with van der Waals surface area (Å²) in [6.45, 7) is 0. The predicted molar refractivity (Wildman–Crippen MR) is 68.3 cm³/mol. The molecule has 0 aliphatic carbocycles. The zero-order chi connectivity index (χ0) is 12.3. The molecule has 5 nitrogen and oxygen atoms in total. The minimum atomic E-state index is 0.206. The third kappa shape index (κ3) is 2.70. The van der Waals surface area contributed by atoms with Crippen LogP contribution in [0.15, 0.2) is 41.7 Å². The molecule has 0 saturated heterocycles. The van der Waals surface area contributed by atoms with Crippen LogP contribution in [0.2, 0.25) is 5.02 Å². The molecule has 2 aromatic rings. The molecular weight excluding hydrogens is 238 g/mol. The molecule has 0 aromatic carbocycles. The van der Waals surface area contributed by atoms with Crippen molar-refractivity contribution >= 4 is 28.9 Å². The lowest BCUT2D eigenvalue weighted by Crippen LogP contribution is -2.16. The van der Waals surface area contributed by atoms with Crippen molar-refractivity contribution in [2.24, 2.45) is 10.7 Å². The zero-order valence-electron chi connectivity index (χ0n) is 8.84. The Hall–Kier alpha value is -2.14. The first-order valence-electron chi connectivity index (χ1n) is 4.83. The number of amidine groups is 1. The maximum Gasteiger partial charge on any atom is 0.155 e. The Balaban J connectivity index is 2.38. The van der Waals surface area contributed by atoms with Crippen molar-refractivity contribution in [3.05, 3.63) is 47.4 Å². The van der Waals surface area contributed by atoms with Gasteiger partial charge in [0.1, 0.15) is 5.69 Å². The molecule has 86 valence electrons. The van der Waals surface area contributed by atoms with Crippen molar-refractivity contribution in [1.82, 2.24) is 9.97 Å². The van der Waals surface area contributed by atoms with Crippen LogP contribution < -0.4 is 11.5 Å². The van der Waals surface area contributed by atoms with E-state index in [1.165, 1.54) is 0 Å². The summed E-state index contributed by atoms with van der Waals surface area (Å²) in [4.78, 5) is 12.2. The third-order valence-corrected chi connectivity index (χ3v) is 2.26. The highest BCUT2D eigenvalue weighted by atomic mass is 35.5. The van der Waals surface area contributed by atoms with E-state index in [2.05, 4.69) is 15.0 Å². The van der Waals surface area contributed by atoms with Crippen LogP contribution in [0, 0.1) is 0 Å². The van der Waals surface area contributed by atoms with E-state index in [0.29, 0.717) is 22.2 Å². The molecule has 2 heterocycles. The summed E-state index contributed by atoms with van der Waals surface area (Å²) in [5, 5.41) is 0.542. The molecule has 6 heteroatoms. The van der Waals surface area contributed by atoms with Gasteiger partial charge >= 0.3 is 0 Å². The fourth-order valence-electron chi connectivity index (χ4n) is 1.26. The smallest absolute Gasteiger partial charge is 0.155 e. The van der Waals surface area contributed by atoms with Crippen LogP contribution >= 0.6 is 11.6 Å². The highest BCUT2D eigenvalue weighted by Gasteiger charge is 2.05. The van der Waals surface area contributed by atoms with Crippen LogP contribution in [0.25, 0.3) is 0 Å². The summed E-state index contributed by atoms with van der Waals surface area (Å²) in [5.74, 6) is 0.623. The number of aliphatic imine (C=N–C) groups is 1. The summed E-state index contributed by atoms with van der Waals surface area (Å²) in [5.41, 5.74) is 12.4. The molecule has 17 heavy (non-hydrogen) atoms. The first-order valence-corrected chi connectivity index (χ1v) is 5.21. The average molecular weight is 248 g/mol. The van der Waals surface area contributed by atoms with Gasteiger partial charge in [0.05, 0.1) is 5.69 Å². The lowest BCUT2D eigenvalue weighted by molar-refractivity contribution is 1.23. The molecule has 0 atom stereocenters. The topological polar surface area (TPSA) is 90.2 Å². The Morgan fingerprint density at radius 3 is 2.76 bits per heavy atom. The molecule has 0 saturated carbocycles. The van der Waals surface area contributed by atoms with Gasteiger partial charge in [-0.3, -0.25) is 4.98 Å². The van der Waals surface area contributed by atoms with Crippen molar-refractivity contribution in [3.8, 4) is 0 Å². The first kappa shape index (κ1) is 11.3. The Bertz CT molecular complexity index is 567. The number of hydrogen-bond donors (Lipinski definition) is 2. The first-order chi connectivity index (χ1) is 8.16. The van der Waals surface area contributed by atoms with E-state index in [-0.39, 0.29) is 5.84 Å². The van der Waals surface area contributed by atoms with E-state index in [0.717, 1.165) is 0 Å². The normalized spacial score (nSPS) is 11.5. The van der Waals surface area contributed by atoms with Gasteiger partial charge < -0.3 is 11.5 Å². The van der Waals surface area contributed by atoms with E-state index in [4.69, 9.17) is 23.1 Å². The average Bonchev–Trinajstić information content (AvgIpc) is 2.29. The molecule has 0 aliphatic rings. The molecule has 0 fully saturated rings. The number of anilines is 1. The molecule has 0 amide bonds. The molecule has 2 rings (SSSR count). The maximum absolute atomic E-state index is 5.82. The number of pyridine rings is 2.